The second kappa shape index (κ2) is 8.17. The zero-order valence-electron chi connectivity index (χ0n) is 15.0. The van der Waals surface area contributed by atoms with Gasteiger partial charge in [0.15, 0.2) is 0 Å². The molecule has 3 rings (SSSR count). The maximum Gasteiger partial charge on any atom is 0.234 e. The van der Waals surface area contributed by atoms with Gasteiger partial charge in [-0.3, -0.25) is 9.69 Å². The van der Waals surface area contributed by atoms with Gasteiger partial charge in [-0.1, -0.05) is 36.4 Å². The van der Waals surface area contributed by atoms with Crippen LogP contribution in [0.15, 0.2) is 48.5 Å². The van der Waals surface area contributed by atoms with Gasteiger partial charge < -0.3 is 10.1 Å². The fourth-order valence-electron chi connectivity index (χ4n) is 3.49. The molecule has 4 heteroatoms. The number of carbonyl (C=O) groups is 1. The van der Waals surface area contributed by atoms with Crippen molar-refractivity contribution in [3.8, 4) is 5.75 Å². The summed E-state index contributed by atoms with van der Waals surface area (Å²) in [6.07, 6.45) is 3.26. The van der Waals surface area contributed by atoms with Crippen LogP contribution in [0.5, 0.6) is 5.75 Å². The van der Waals surface area contributed by atoms with Crippen LogP contribution in [0.2, 0.25) is 0 Å². The molecule has 0 radical (unpaired) electrons. The molecular weight excluding hydrogens is 312 g/mol. The molecule has 0 saturated heterocycles. The van der Waals surface area contributed by atoms with Crippen LogP contribution in [-0.4, -0.2) is 31.5 Å². The number of aryl methyl sites for hydroxylation is 1. The average Bonchev–Trinajstić information content (AvgIpc) is 2.62. The molecule has 1 amide bonds. The molecule has 0 aliphatic heterocycles. The van der Waals surface area contributed by atoms with Crippen molar-refractivity contribution < 1.29 is 9.53 Å². The molecule has 0 heterocycles. The average molecular weight is 338 g/mol. The predicted octanol–water partition coefficient (Wildman–Crippen LogP) is 3.32. The molecule has 1 aliphatic rings. The Hall–Kier alpha value is -2.33. The minimum absolute atomic E-state index is 0.0812. The summed E-state index contributed by atoms with van der Waals surface area (Å²) in [7, 11) is 3.63. The van der Waals surface area contributed by atoms with Crippen molar-refractivity contribution in [3.63, 3.8) is 0 Å². The number of nitrogens with one attached hydrogen (secondary N) is 1. The summed E-state index contributed by atoms with van der Waals surface area (Å²) in [5.41, 5.74) is 3.81. The molecule has 2 aromatic carbocycles. The summed E-state index contributed by atoms with van der Waals surface area (Å²) < 4.78 is 5.17. The Kier molecular flexibility index (Phi) is 5.71. The maximum absolute atomic E-state index is 12.4. The van der Waals surface area contributed by atoms with Crippen molar-refractivity contribution in [2.45, 2.75) is 31.8 Å². The highest BCUT2D eigenvalue weighted by Gasteiger charge is 2.21. The lowest BCUT2D eigenvalue weighted by Crippen LogP contribution is -2.38. The second-order valence-corrected chi connectivity index (χ2v) is 6.73. The number of nitrogens with zero attached hydrogens (tertiary/aromatic N) is 1. The highest BCUT2D eigenvalue weighted by molar-refractivity contribution is 5.78. The zero-order chi connectivity index (χ0) is 17.6. The van der Waals surface area contributed by atoms with Gasteiger partial charge in [0.1, 0.15) is 5.75 Å². The number of rotatable bonds is 6. The summed E-state index contributed by atoms with van der Waals surface area (Å²) in [4.78, 5) is 14.5. The molecule has 0 aromatic heterocycles. The van der Waals surface area contributed by atoms with Gasteiger partial charge in [0.25, 0.3) is 0 Å². The van der Waals surface area contributed by atoms with E-state index in [4.69, 9.17) is 4.74 Å². The van der Waals surface area contributed by atoms with E-state index >= 15 is 0 Å². The Morgan fingerprint density at radius 2 is 1.96 bits per heavy atom. The van der Waals surface area contributed by atoms with E-state index in [1.165, 1.54) is 16.7 Å². The lowest BCUT2D eigenvalue weighted by atomic mass is 9.88. The first-order valence-corrected chi connectivity index (χ1v) is 8.84. The van der Waals surface area contributed by atoms with Gasteiger partial charge in [-0.05, 0) is 55.1 Å². The van der Waals surface area contributed by atoms with E-state index in [0.717, 1.165) is 31.6 Å². The number of hydrogen-bond acceptors (Lipinski definition) is 3. The number of amides is 1. The first-order chi connectivity index (χ1) is 12.2. The van der Waals surface area contributed by atoms with Gasteiger partial charge in [0.2, 0.25) is 5.91 Å². The summed E-state index contributed by atoms with van der Waals surface area (Å²) >= 11 is 0. The fraction of sp³-hybridized carbons (Fsp3) is 0.381. The van der Waals surface area contributed by atoms with Gasteiger partial charge in [0, 0.05) is 6.54 Å². The SMILES string of the molecule is COc1ccc(CN(C)CC(=O)N[C@H]2CCCc3ccccc32)cc1. The predicted molar refractivity (Wildman–Crippen MR) is 99.6 cm³/mol. The molecule has 0 fully saturated rings. The number of ether oxygens (including phenoxy) is 1. The van der Waals surface area contributed by atoms with Crippen molar-refractivity contribution in [3.05, 3.63) is 65.2 Å². The van der Waals surface area contributed by atoms with E-state index in [1.807, 2.05) is 36.2 Å². The van der Waals surface area contributed by atoms with Crippen molar-refractivity contribution in [1.82, 2.24) is 10.2 Å². The Balaban J connectivity index is 1.54. The molecule has 0 saturated carbocycles. The topological polar surface area (TPSA) is 41.6 Å². The van der Waals surface area contributed by atoms with Crippen molar-refractivity contribution in [1.29, 1.82) is 0 Å². The minimum atomic E-state index is 0.0812. The van der Waals surface area contributed by atoms with Crippen LogP contribution in [0, 0.1) is 0 Å². The minimum Gasteiger partial charge on any atom is -0.497 e. The van der Waals surface area contributed by atoms with E-state index in [0.29, 0.717) is 6.54 Å². The first kappa shape index (κ1) is 17.5. The van der Waals surface area contributed by atoms with Crippen LogP contribution in [0.3, 0.4) is 0 Å². The number of carbonyl (C=O) groups excluding carboxylic acids is 1. The molecule has 132 valence electrons. The Bertz CT molecular complexity index is 712. The summed E-state index contributed by atoms with van der Waals surface area (Å²) in [5.74, 6) is 0.929. The molecule has 0 bridgehead atoms. The molecule has 0 unspecified atom stereocenters. The smallest absolute Gasteiger partial charge is 0.234 e. The number of methoxy groups -OCH3 is 1. The third-order valence-electron chi connectivity index (χ3n) is 4.73. The second-order valence-electron chi connectivity index (χ2n) is 6.73. The number of benzene rings is 2. The lowest BCUT2D eigenvalue weighted by molar-refractivity contribution is -0.122. The Morgan fingerprint density at radius 3 is 2.72 bits per heavy atom. The van der Waals surface area contributed by atoms with Crippen molar-refractivity contribution in [2.75, 3.05) is 20.7 Å². The Morgan fingerprint density at radius 1 is 1.20 bits per heavy atom. The van der Waals surface area contributed by atoms with Crippen LogP contribution in [0.4, 0.5) is 0 Å². The van der Waals surface area contributed by atoms with Crippen LogP contribution in [-0.2, 0) is 17.8 Å². The van der Waals surface area contributed by atoms with Crippen molar-refractivity contribution >= 4 is 5.91 Å². The van der Waals surface area contributed by atoms with Crippen LogP contribution in [0.1, 0.15) is 35.6 Å². The molecule has 2 aromatic rings. The molecule has 25 heavy (non-hydrogen) atoms. The first-order valence-electron chi connectivity index (χ1n) is 8.84. The molecule has 1 aliphatic carbocycles. The van der Waals surface area contributed by atoms with Gasteiger partial charge in [-0.2, -0.15) is 0 Å². The maximum atomic E-state index is 12.4. The molecule has 0 spiro atoms. The van der Waals surface area contributed by atoms with Crippen LogP contribution in [0.25, 0.3) is 0 Å². The van der Waals surface area contributed by atoms with E-state index in [-0.39, 0.29) is 11.9 Å². The van der Waals surface area contributed by atoms with Crippen LogP contribution < -0.4 is 10.1 Å². The van der Waals surface area contributed by atoms with Gasteiger partial charge in [0.05, 0.1) is 19.7 Å². The van der Waals surface area contributed by atoms with Gasteiger partial charge in [-0.15, -0.1) is 0 Å². The summed E-state index contributed by atoms with van der Waals surface area (Å²) in [5, 5.41) is 3.21. The number of hydrogen-bond donors (Lipinski definition) is 1. The third-order valence-corrected chi connectivity index (χ3v) is 4.73. The molecular formula is C21H26N2O2. The number of likely N-dealkylation sites (N-methyl/N-ethyl adjacent to an activating group) is 1. The Labute approximate surface area is 149 Å². The largest absolute Gasteiger partial charge is 0.497 e. The van der Waals surface area contributed by atoms with E-state index < -0.39 is 0 Å². The van der Waals surface area contributed by atoms with Gasteiger partial charge >= 0.3 is 0 Å². The highest BCUT2D eigenvalue weighted by Crippen LogP contribution is 2.29. The standard InChI is InChI=1S/C21H26N2O2/c1-23(14-16-10-12-18(25-2)13-11-16)15-21(24)22-20-9-5-7-17-6-3-4-8-19(17)20/h3-4,6,8,10-13,20H,5,7,9,14-15H2,1-2H3,(H,22,24)/t20-/m0/s1. The van der Waals surface area contributed by atoms with E-state index in [2.05, 4.69) is 29.6 Å². The molecule has 4 nitrogen and oxygen atoms in total. The monoisotopic (exact) mass is 338 g/mol. The van der Waals surface area contributed by atoms with E-state index in [1.54, 1.807) is 7.11 Å². The fourth-order valence-corrected chi connectivity index (χ4v) is 3.49. The lowest BCUT2D eigenvalue weighted by Gasteiger charge is -2.27. The number of fused-ring (bicyclic) bond motifs is 1. The normalized spacial score (nSPS) is 16.4. The highest BCUT2D eigenvalue weighted by atomic mass is 16.5. The van der Waals surface area contributed by atoms with Crippen LogP contribution >= 0.6 is 0 Å². The quantitative estimate of drug-likeness (QED) is 0.878. The molecule has 1 N–H and O–H groups in total. The summed E-state index contributed by atoms with van der Waals surface area (Å²) in [6, 6.07) is 16.5. The van der Waals surface area contributed by atoms with Crippen molar-refractivity contribution in [2.24, 2.45) is 0 Å². The third kappa shape index (κ3) is 4.60. The van der Waals surface area contributed by atoms with Gasteiger partial charge in [-0.25, -0.2) is 0 Å². The zero-order valence-corrected chi connectivity index (χ0v) is 15.0. The molecule has 1 atom stereocenters. The van der Waals surface area contributed by atoms with E-state index in [9.17, 15) is 4.79 Å². The summed E-state index contributed by atoms with van der Waals surface area (Å²) in [6.45, 7) is 1.13.